The second-order valence-corrected chi connectivity index (χ2v) is 4.65. The highest BCUT2D eigenvalue weighted by atomic mass is 16.3. The quantitative estimate of drug-likeness (QED) is 0.851. The predicted octanol–water partition coefficient (Wildman–Crippen LogP) is 1.20. The number of hydrogen-bond donors (Lipinski definition) is 2. The minimum Gasteiger partial charge on any atom is -0.451 e. The Morgan fingerprint density at radius 1 is 1.32 bits per heavy atom. The van der Waals surface area contributed by atoms with Crippen LogP contribution >= 0.6 is 0 Å². The predicted molar refractivity (Wildman–Crippen MR) is 74.7 cm³/mol. The molecule has 5 heteroatoms. The number of hydrogen-bond acceptors (Lipinski definition) is 4. The molecule has 1 saturated heterocycles. The first-order valence-corrected chi connectivity index (χ1v) is 6.49. The summed E-state index contributed by atoms with van der Waals surface area (Å²) < 4.78 is 5.52. The second kappa shape index (κ2) is 4.93. The van der Waals surface area contributed by atoms with E-state index in [9.17, 15) is 4.79 Å². The topological polar surface area (TPSA) is 57.5 Å². The average Bonchev–Trinajstić information content (AvgIpc) is 2.90. The van der Waals surface area contributed by atoms with Crippen LogP contribution in [-0.4, -0.2) is 39.1 Å². The van der Waals surface area contributed by atoms with Crippen molar-refractivity contribution in [2.24, 2.45) is 0 Å². The zero-order valence-electron chi connectivity index (χ0n) is 10.9. The highest BCUT2D eigenvalue weighted by Gasteiger charge is 2.14. The monoisotopic (exact) mass is 259 g/mol. The van der Waals surface area contributed by atoms with Crippen LogP contribution in [0.5, 0.6) is 0 Å². The third-order valence-corrected chi connectivity index (χ3v) is 3.43. The van der Waals surface area contributed by atoms with Gasteiger partial charge in [0.05, 0.1) is 0 Å². The van der Waals surface area contributed by atoms with Crippen molar-refractivity contribution in [1.29, 1.82) is 0 Å². The van der Waals surface area contributed by atoms with Gasteiger partial charge < -0.3 is 20.0 Å². The zero-order chi connectivity index (χ0) is 13.2. The van der Waals surface area contributed by atoms with Gasteiger partial charge in [-0.1, -0.05) is 0 Å². The molecule has 0 unspecified atom stereocenters. The van der Waals surface area contributed by atoms with Crippen molar-refractivity contribution < 1.29 is 9.21 Å². The molecule has 0 aliphatic carbocycles. The average molecular weight is 259 g/mol. The molecule has 2 heterocycles. The molecule has 0 radical (unpaired) electrons. The Morgan fingerprint density at radius 3 is 2.84 bits per heavy atom. The van der Waals surface area contributed by atoms with Gasteiger partial charge in [0.15, 0.2) is 5.76 Å². The van der Waals surface area contributed by atoms with Crippen LogP contribution in [0.1, 0.15) is 10.6 Å². The number of nitrogens with zero attached hydrogens (tertiary/aromatic N) is 1. The summed E-state index contributed by atoms with van der Waals surface area (Å²) in [7, 11) is 1.60. The Kier molecular flexibility index (Phi) is 3.13. The summed E-state index contributed by atoms with van der Waals surface area (Å²) in [4.78, 5) is 13.9. The first-order valence-electron chi connectivity index (χ1n) is 6.49. The Morgan fingerprint density at radius 2 is 2.11 bits per heavy atom. The van der Waals surface area contributed by atoms with E-state index >= 15 is 0 Å². The van der Waals surface area contributed by atoms with Crippen LogP contribution in [0.4, 0.5) is 5.69 Å². The van der Waals surface area contributed by atoms with Crippen molar-refractivity contribution in [2.45, 2.75) is 0 Å². The third kappa shape index (κ3) is 2.29. The number of nitrogens with one attached hydrogen (secondary N) is 2. The van der Waals surface area contributed by atoms with Crippen molar-refractivity contribution in [1.82, 2.24) is 10.6 Å². The van der Waals surface area contributed by atoms with Crippen LogP contribution in [0.3, 0.4) is 0 Å². The van der Waals surface area contributed by atoms with Crippen LogP contribution in [0, 0.1) is 0 Å². The van der Waals surface area contributed by atoms with Crippen LogP contribution in [-0.2, 0) is 0 Å². The molecule has 1 aliphatic rings. The van der Waals surface area contributed by atoms with E-state index in [0.717, 1.165) is 37.1 Å². The maximum atomic E-state index is 11.5. The molecule has 0 atom stereocenters. The van der Waals surface area contributed by atoms with Gasteiger partial charge in [0.1, 0.15) is 5.58 Å². The molecular weight excluding hydrogens is 242 g/mol. The van der Waals surface area contributed by atoms with Gasteiger partial charge in [0, 0.05) is 44.3 Å². The van der Waals surface area contributed by atoms with Gasteiger partial charge in [-0.2, -0.15) is 0 Å². The van der Waals surface area contributed by atoms with Crippen molar-refractivity contribution in [3.8, 4) is 0 Å². The second-order valence-electron chi connectivity index (χ2n) is 4.65. The first-order chi connectivity index (χ1) is 9.28. The van der Waals surface area contributed by atoms with E-state index in [1.165, 1.54) is 5.69 Å². The maximum Gasteiger partial charge on any atom is 0.286 e. The first kappa shape index (κ1) is 12.0. The molecule has 1 amide bonds. The number of amides is 1. The van der Waals surface area contributed by atoms with E-state index < -0.39 is 0 Å². The molecule has 5 nitrogen and oxygen atoms in total. The molecule has 0 bridgehead atoms. The molecule has 0 spiro atoms. The van der Waals surface area contributed by atoms with Crippen molar-refractivity contribution in [3.63, 3.8) is 0 Å². The fraction of sp³-hybridized carbons (Fsp3) is 0.357. The highest BCUT2D eigenvalue weighted by molar-refractivity contribution is 5.96. The Hall–Kier alpha value is -2.01. The standard InChI is InChI=1S/C14H17N3O2/c1-15-14(18)13-9-10-8-11(2-3-12(10)19-13)17-6-4-16-5-7-17/h2-3,8-9,16H,4-7H2,1H3,(H,15,18). The highest BCUT2D eigenvalue weighted by Crippen LogP contribution is 2.25. The molecule has 100 valence electrons. The normalized spacial score (nSPS) is 15.7. The summed E-state index contributed by atoms with van der Waals surface area (Å²) in [5.74, 6) is 0.162. The minimum atomic E-state index is -0.195. The number of anilines is 1. The number of carbonyl (C=O) groups excluding carboxylic acids is 1. The lowest BCUT2D eigenvalue weighted by Crippen LogP contribution is -2.43. The van der Waals surface area contributed by atoms with Crippen molar-refractivity contribution in [2.75, 3.05) is 38.1 Å². The summed E-state index contributed by atoms with van der Waals surface area (Å²) in [6, 6.07) is 7.85. The lowest BCUT2D eigenvalue weighted by molar-refractivity contribution is 0.0938. The molecule has 1 aromatic carbocycles. The molecule has 1 aliphatic heterocycles. The van der Waals surface area contributed by atoms with Gasteiger partial charge in [0.2, 0.25) is 0 Å². The third-order valence-electron chi connectivity index (χ3n) is 3.43. The molecule has 19 heavy (non-hydrogen) atoms. The van der Waals surface area contributed by atoms with E-state index in [1.54, 1.807) is 13.1 Å². The van der Waals surface area contributed by atoms with Crippen LogP contribution in [0.25, 0.3) is 11.0 Å². The summed E-state index contributed by atoms with van der Waals surface area (Å²) >= 11 is 0. The minimum absolute atomic E-state index is 0.195. The number of carbonyl (C=O) groups is 1. The van der Waals surface area contributed by atoms with E-state index in [4.69, 9.17) is 4.42 Å². The summed E-state index contributed by atoms with van der Waals surface area (Å²) in [6.45, 7) is 4.02. The van der Waals surface area contributed by atoms with Crippen molar-refractivity contribution >= 4 is 22.6 Å². The lowest BCUT2D eigenvalue weighted by Gasteiger charge is -2.29. The van der Waals surface area contributed by atoms with E-state index in [-0.39, 0.29) is 5.91 Å². The van der Waals surface area contributed by atoms with Gasteiger partial charge in [-0.3, -0.25) is 4.79 Å². The SMILES string of the molecule is CNC(=O)c1cc2cc(N3CCNCC3)ccc2o1. The van der Waals surface area contributed by atoms with Gasteiger partial charge in [-0.15, -0.1) is 0 Å². The van der Waals surface area contributed by atoms with Crippen LogP contribution in [0.15, 0.2) is 28.7 Å². The summed E-state index contributed by atoms with van der Waals surface area (Å²) in [5, 5.41) is 6.87. The fourth-order valence-electron chi connectivity index (χ4n) is 2.39. The van der Waals surface area contributed by atoms with Gasteiger partial charge >= 0.3 is 0 Å². The number of benzene rings is 1. The zero-order valence-corrected chi connectivity index (χ0v) is 10.9. The number of rotatable bonds is 2. The molecule has 1 aromatic heterocycles. The molecule has 2 aromatic rings. The molecule has 0 saturated carbocycles. The Bertz CT molecular complexity index is 600. The maximum absolute atomic E-state index is 11.5. The number of furan rings is 1. The lowest BCUT2D eigenvalue weighted by atomic mass is 10.2. The summed E-state index contributed by atoms with van der Waals surface area (Å²) in [6.07, 6.45) is 0. The molecule has 2 N–H and O–H groups in total. The molecular formula is C14H17N3O2. The smallest absolute Gasteiger partial charge is 0.286 e. The largest absolute Gasteiger partial charge is 0.451 e. The Labute approximate surface area is 111 Å². The number of piperazine rings is 1. The van der Waals surface area contributed by atoms with Gasteiger partial charge in [-0.05, 0) is 24.3 Å². The number of fused-ring (bicyclic) bond motifs is 1. The van der Waals surface area contributed by atoms with E-state index in [1.807, 2.05) is 12.1 Å². The van der Waals surface area contributed by atoms with Gasteiger partial charge in [-0.25, -0.2) is 0 Å². The summed E-state index contributed by atoms with van der Waals surface area (Å²) in [5.41, 5.74) is 1.93. The Balaban J connectivity index is 1.93. The fourth-order valence-corrected chi connectivity index (χ4v) is 2.39. The molecule has 1 fully saturated rings. The van der Waals surface area contributed by atoms with Crippen molar-refractivity contribution in [3.05, 3.63) is 30.0 Å². The van der Waals surface area contributed by atoms with Gasteiger partial charge in [0.25, 0.3) is 5.91 Å². The van der Waals surface area contributed by atoms with E-state index in [0.29, 0.717) is 5.76 Å². The van der Waals surface area contributed by atoms with E-state index in [2.05, 4.69) is 21.6 Å². The molecule has 3 rings (SSSR count). The van der Waals surface area contributed by atoms with Crippen LogP contribution < -0.4 is 15.5 Å². The van der Waals surface area contributed by atoms with Crippen LogP contribution in [0.2, 0.25) is 0 Å².